The molecule has 2 heterocycles. The van der Waals surface area contributed by atoms with E-state index >= 15 is 0 Å². The number of hydrogen-bond donors (Lipinski definition) is 1. The molecule has 0 saturated carbocycles. The van der Waals surface area contributed by atoms with Crippen LogP contribution >= 0.6 is 15.9 Å². The average Bonchev–Trinajstić information content (AvgIpc) is 2.33. The highest BCUT2D eigenvalue weighted by molar-refractivity contribution is 9.12. The molecule has 0 bridgehead atoms. The molecule has 1 atom stereocenters. The molecule has 4 heteroatoms. The molecule has 0 spiro atoms. The number of nitrogens with two attached hydrogens (primary N) is 1. The Morgan fingerprint density at radius 1 is 1.36 bits per heavy atom. The first-order chi connectivity index (χ1) is 5.27. The number of hydrogen-bond acceptors (Lipinski definition) is 3. The first-order valence-electron chi connectivity index (χ1n) is 3.20. The van der Waals surface area contributed by atoms with Crippen LogP contribution in [0.4, 0.5) is 0 Å². The monoisotopic (exact) mass is 211 g/mol. The van der Waals surface area contributed by atoms with Crippen molar-refractivity contribution in [3.8, 4) is 0 Å². The van der Waals surface area contributed by atoms with Crippen LogP contribution < -0.4 is 5.73 Å². The molecule has 0 saturated heterocycles. The Morgan fingerprint density at radius 3 is 2.91 bits per heavy atom. The predicted molar refractivity (Wildman–Crippen MR) is 49.0 cm³/mol. The minimum absolute atomic E-state index is 0.0868. The van der Waals surface area contributed by atoms with Crippen molar-refractivity contribution in [1.82, 2.24) is 0 Å². The molecule has 56 valence electrons. The molecule has 2 aliphatic heterocycles. The summed E-state index contributed by atoms with van der Waals surface area (Å²) in [6, 6.07) is 0. The van der Waals surface area contributed by atoms with E-state index in [1.807, 2.05) is 6.08 Å². The summed E-state index contributed by atoms with van der Waals surface area (Å²) in [5, 5.41) is 0. The summed E-state index contributed by atoms with van der Waals surface area (Å²) in [7, 11) is 0. The quantitative estimate of drug-likeness (QED) is 0.639. The van der Waals surface area contributed by atoms with Gasteiger partial charge in [-0.05, 0) is 22.0 Å². The normalized spacial score (nSPS) is 27.4. The third-order valence-corrected chi connectivity index (χ3v) is 2.03. The Bertz CT molecular complexity index is 312. The van der Waals surface area contributed by atoms with Crippen molar-refractivity contribution in [2.24, 2.45) is 15.7 Å². The highest BCUT2D eigenvalue weighted by Crippen LogP contribution is 2.23. The minimum Gasteiger partial charge on any atom is -0.397 e. The summed E-state index contributed by atoms with van der Waals surface area (Å²) in [5.74, 6) is 0. The van der Waals surface area contributed by atoms with E-state index in [1.165, 1.54) is 0 Å². The average molecular weight is 212 g/mol. The van der Waals surface area contributed by atoms with Gasteiger partial charge in [-0.25, -0.2) is 0 Å². The van der Waals surface area contributed by atoms with Crippen LogP contribution in [0.3, 0.4) is 0 Å². The van der Waals surface area contributed by atoms with Gasteiger partial charge in [-0.3, -0.25) is 9.98 Å². The van der Waals surface area contributed by atoms with Gasteiger partial charge in [0.05, 0.1) is 5.70 Å². The number of halogens is 1. The predicted octanol–water partition coefficient (Wildman–Crippen LogP) is 0.973. The summed E-state index contributed by atoms with van der Waals surface area (Å²) in [6.07, 6.45) is 5.25. The maximum Gasteiger partial charge on any atom is 0.167 e. The number of dihydropyridines is 1. The SMILES string of the molecule is NC1=C2C=C(Br)C=N[C@H]2N=C1. The van der Waals surface area contributed by atoms with Crippen molar-refractivity contribution in [1.29, 1.82) is 0 Å². The summed E-state index contributed by atoms with van der Waals surface area (Å²) in [6.45, 7) is 0. The number of allylic oxidation sites excluding steroid dienone is 2. The van der Waals surface area contributed by atoms with Crippen LogP contribution in [0.25, 0.3) is 0 Å². The Balaban J connectivity index is 2.46. The van der Waals surface area contributed by atoms with E-state index in [1.54, 1.807) is 12.4 Å². The van der Waals surface area contributed by atoms with Gasteiger partial charge in [0, 0.05) is 22.5 Å². The van der Waals surface area contributed by atoms with Crippen LogP contribution in [0.5, 0.6) is 0 Å². The third kappa shape index (κ3) is 1.03. The summed E-state index contributed by atoms with van der Waals surface area (Å²) in [4.78, 5) is 8.23. The zero-order chi connectivity index (χ0) is 7.84. The molecule has 0 unspecified atom stereocenters. The molecule has 0 amide bonds. The van der Waals surface area contributed by atoms with Gasteiger partial charge >= 0.3 is 0 Å². The maximum atomic E-state index is 5.64. The second-order valence-corrected chi connectivity index (χ2v) is 3.29. The van der Waals surface area contributed by atoms with Crippen molar-refractivity contribution < 1.29 is 0 Å². The molecule has 2 rings (SSSR count). The Labute approximate surface area is 72.5 Å². The molecule has 0 radical (unpaired) electrons. The van der Waals surface area contributed by atoms with Crippen LogP contribution in [0, 0.1) is 0 Å². The highest BCUT2D eigenvalue weighted by Gasteiger charge is 2.19. The van der Waals surface area contributed by atoms with Crippen molar-refractivity contribution in [3.05, 3.63) is 21.8 Å². The van der Waals surface area contributed by atoms with Gasteiger partial charge in [-0.15, -0.1) is 0 Å². The van der Waals surface area contributed by atoms with E-state index in [9.17, 15) is 0 Å². The van der Waals surface area contributed by atoms with Gasteiger partial charge in [0.25, 0.3) is 0 Å². The number of aliphatic imine (C=N–C) groups is 2. The fraction of sp³-hybridized carbons (Fsp3) is 0.143. The Morgan fingerprint density at radius 2 is 2.09 bits per heavy atom. The van der Waals surface area contributed by atoms with Gasteiger partial charge in [-0.2, -0.15) is 0 Å². The lowest BCUT2D eigenvalue weighted by Crippen LogP contribution is -2.08. The standard InChI is InChI=1S/C7H6BrN3/c8-4-1-5-6(9)3-11-7(5)10-2-4/h1-3,7H,9H2/t7-/m0/s1. The van der Waals surface area contributed by atoms with E-state index in [-0.39, 0.29) is 6.17 Å². The Kier molecular flexibility index (Phi) is 1.42. The number of nitrogens with zero attached hydrogens (tertiary/aromatic N) is 2. The highest BCUT2D eigenvalue weighted by atomic mass is 79.9. The summed E-state index contributed by atoms with van der Waals surface area (Å²) < 4.78 is 0.942. The van der Waals surface area contributed by atoms with Crippen LogP contribution in [-0.4, -0.2) is 18.6 Å². The summed E-state index contributed by atoms with van der Waals surface area (Å²) >= 11 is 3.32. The van der Waals surface area contributed by atoms with Crippen molar-refractivity contribution >= 4 is 28.4 Å². The van der Waals surface area contributed by atoms with Crippen molar-refractivity contribution in [2.45, 2.75) is 6.17 Å². The number of fused-ring (bicyclic) bond motifs is 1. The lowest BCUT2D eigenvalue weighted by molar-refractivity contribution is 0.859. The van der Waals surface area contributed by atoms with E-state index in [0.29, 0.717) is 5.70 Å². The minimum atomic E-state index is -0.0868. The van der Waals surface area contributed by atoms with Gasteiger partial charge in [0.2, 0.25) is 0 Å². The molecule has 0 aromatic carbocycles. The van der Waals surface area contributed by atoms with E-state index < -0.39 is 0 Å². The zero-order valence-corrected chi connectivity index (χ0v) is 7.25. The smallest absolute Gasteiger partial charge is 0.167 e. The largest absolute Gasteiger partial charge is 0.397 e. The van der Waals surface area contributed by atoms with Crippen molar-refractivity contribution in [3.63, 3.8) is 0 Å². The molecule has 0 aliphatic carbocycles. The molecular weight excluding hydrogens is 206 g/mol. The maximum absolute atomic E-state index is 5.64. The Hall–Kier alpha value is -0.900. The molecule has 2 N–H and O–H groups in total. The first kappa shape index (κ1) is 6.79. The van der Waals surface area contributed by atoms with Gasteiger partial charge in [0.1, 0.15) is 0 Å². The molecule has 2 aliphatic rings. The van der Waals surface area contributed by atoms with E-state index in [4.69, 9.17) is 5.73 Å². The van der Waals surface area contributed by atoms with Gasteiger partial charge in [-0.1, -0.05) is 0 Å². The van der Waals surface area contributed by atoms with E-state index in [0.717, 1.165) is 10.1 Å². The van der Waals surface area contributed by atoms with Crippen LogP contribution in [0.2, 0.25) is 0 Å². The topological polar surface area (TPSA) is 50.7 Å². The molecular formula is C7H6BrN3. The van der Waals surface area contributed by atoms with Gasteiger partial charge in [0.15, 0.2) is 6.17 Å². The van der Waals surface area contributed by atoms with E-state index in [2.05, 4.69) is 25.9 Å². The lowest BCUT2D eigenvalue weighted by atomic mass is 10.1. The molecule has 3 nitrogen and oxygen atoms in total. The van der Waals surface area contributed by atoms with Crippen LogP contribution in [0.1, 0.15) is 0 Å². The first-order valence-corrected chi connectivity index (χ1v) is 4.00. The van der Waals surface area contributed by atoms with Crippen LogP contribution in [0.15, 0.2) is 31.8 Å². The fourth-order valence-corrected chi connectivity index (χ4v) is 1.42. The molecule has 11 heavy (non-hydrogen) atoms. The summed E-state index contributed by atoms with van der Waals surface area (Å²) in [5.41, 5.74) is 7.34. The third-order valence-electron chi connectivity index (χ3n) is 1.60. The molecule has 0 aromatic heterocycles. The molecule has 0 fully saturated rings. The second-order valence-electron chi connectivity index (χ2n) is 2.37. The molecule has 0 aromatic rings. The second kappa shape index (κ2) is 2.30. The van der Waals surface area contributed by atoms with Crippen molar-refractivity contribution in [2.75, 3.05) is 0 Å². The fourth-order valence-electron chi connectivity index (χ4n) is 1.06. The van der Waals surface area contributed by atoms with Gasteiger partial charge < -0.3 is 5.73 Å². The van der Waals surface area contributed by atoms with Crippen LogP contribution in [-0.2, 0) is 0 Å². The zero-order valence-electron chi connectivity index (χ0n) is 5.66. The lowest BCUT2D eigenvalue weighted by Gasteiger charge is -2.08. The number of rotatable bonds is 0.